The first-order valence-corrected chi connectivity index (χ1v) is 9.47. The van der Waals surface area contributed by atoms with E-state index >= 15 is 0 Å². The number of nitrogens with zero attached hydrogens (tertiary/aromatic N) is 2. The molecule has 0 aromatic heterocycles. The Bertz CT molecular complexity index is 752. The van der Waals surface area contributed by atoms with Crippen LogP contribution in [0.4, 0.5) is 5.69 Å². The van der Waals surface area contributed by atoms with Crippen molar-refractivity contribution in [1.82, 2.24) is 4.90 Å². The molecule has 5 nitrogen and oxygen atoms in total. The first-order valence-electron chi connectivity index (χ1n) is 9.47. The molecule has 1 heterocycles. The average molecular weight is 368 g/mol. The van der Waals surface area contributed by atoms with Crippen LogP contribution in [0.5, 0.6) is 5.75 Å². The summed E-state index contributed by atoms with van der Waals surface area (Å²) in [4.78, 5) is 16.0. The molecule has 5 heteroatoms. The van der Waals surface area contributed by atoms with Crippen molar-refractivity contribution >= 4 is 11.5 Å². The van der Waals surface area contributed by atoms with E-state index in [2.05, 4.69) is 9.80 Å². The molecule has 0 radical (unpaired) electrons. The smallest absolute Gasteiger partial charge is 0.159 e. The Morgan fingerprint density at radius 3 is 2.44 bits per heavy atom. The summed E-state index contributed by atoms with van der Waals surface area (Å²) >= 11 is 0. The summed E-state index contributed by atoms with van der Waals surface area (Å²) in [5.41, 5.74) is 3.03. The Balaban J connectivity index is 1.42. The minimum Gasteiger partial charge on any atom is -0.491 e. The molecule has 1 fully saturated rings. The van der Waals surface area contributed by atoms with E-state index in [0.717, 1.165) is 48.7 Å². The Morgan fingerprint density at radius 1 is 1.11 bits per heavy atom. The SMILES string of the molecule is CC(=O)c1ccc(N2CCN(C[C@H](O)COc3cccc(C)c3)CC2)cc1. The van der Waals surface area contributed by atoms with Crippen LogP contribution >= 0.6 is 0 Å². The minimum absolute atomic E-state index is 0.0910. The lowest BCUT2D eigenvalue weighted by molar-refractivity contribution is 0.0663. The number of β-amino-alcohol motifs (C(OH)–C–C–N with tert-alkyl or cyclic N) is 1. The molecule has 1 saturated heterocycles. The largest absolute Gasteiger partial charge is 0.491 e. The third kappa shape index (κ3) is 5.55. The molecular weight excluding hydrogens is 340 g/mol. The molecule has 27 heavy (non-hydrogen) atoms. The van der Waals surface area contributed by atoms with Crippen LogP contribution in [0, 0.1) is 6.92 Å². The summed E-state index contributed by atoms with van der Waals surface area (Å²) < 4.78 is 5.70. The van der Waals surface area contributed by atoms with Crippen LogP contribution in [-0.4, -0.2) is 61.2 Å². The number of rotatable bonds is 7. The van der Waals surface area contributed by atoms with Gasteiger partial charge in [0.1, 0.15) is 18.5 Å². The number of piperazine rings is 1. The van der Waals surface area contributed by atoms with Gasteiger partial charge in [0.05, 0.1) is 0 Å². The number of benzene rings is 2. The maximum Gasteiger partial charge on any atom is 0.159 e. The van der Waals surface area contributed by atoms with Crippen molar-refractivity contribution in [3.63, 3.8) is 0 Å². The number of anilines is 1. The zero-order valence-electron chi connectivity index (χ0n) is 16.1. The molecule has 0 aliphatic carbocycles. The first kappa shape index (κ1) is 19.4. The fraction of sp³-hybridized carbons (Fsp3) is 0.409. The van der Waals surface area contributed by atoms with E-state index in [-0.39, 0.29) is 5.78 Å². The van der Waals surface area contributed by atoms with Gasteiger partial charge in [0.25, 0.3) is 0 Å². The second kappa shape index (κ2) is 9.02. The summed E-state index contributed by atoms with van der Waals surface area (Å²) in [7, 11) is 0. The third-order valence-electron chi connectivity index (χ3n) is 4.91. The molecule has 0 bridgehead atoms. The van der Waals surface area contributed by atoms with Gasteiger partial charge in [-0.05, 0) is 55.8 Å². The molecule has 1 aliphatic rings. The minimum atomic E-state index is -0.507. The molecule has 144 valence electrons. The van der Waals surface area contributed by atoms with Crippen molar-refractivity contribution in [3.8, 4) is 5.75 Å². The highest BCUT2D eigenvalue weighted by Gasteiger charge is 2.20. The topological polar surface area (TPSA) is 53.0 Å². The fourth-order valence-corrected chi connectivity index (χ4v) is 3.34. The van der Waals surface area contributed by atoms with Gasteiger partial charge in [-0.2, -0.15) is 0 Å². The summed E-state index contributed by atoms with van der Waals surface area (Å²) in [5, 5.41) is 10.3. The van der Waals surface area contributed by atoms with Gasteiger partial charge >= 0.3 is 0 Å². The van der Waals surface area contributed by atoms with Crippen molar-refractivity contribution in [1.29, 1.82) is 0 Å². The maximum atomic E-state index is 11.4. The fourth-order valence-electron chi connectivity index (χ4n) is 3.34. The molecule has 0 spiro atoms. The van der Waals surface area contributed by atoms with Gasteiger partial charge in [0.2, 0.25) is 0 Å². The molecule has 1 N–H and O–H groups in total. The quantitative estimate of drug-likeness (QED) is 0.762. The van der Waals surface area contributed by atoms with Crippen LogP contribution in [0.2, 0.25) is 0 Å². The molecule has 0 amide bonds. The molecule has 3 rings (SSSR count). The highest BCUT2D eigenvalue weighted by molar-refractivity contribution is 5.94. The maximum absolute atomic E-state index is 11.4. The van der Waals surface area contributed by atoms with Gasteiger partial charge in [0.15, 0.2) is 5.78 Å². The van der Waals surface area contributed by atoms with Crippen LogP contribution in [0.15, 0.2) is 48.5 Å². The molecule has 2 aromatic carbocycles. The molecule has 2 aromatic rings. The van der Waals surface area contributed by atoms with Gasteiger partial charge in [-0.15, -0.1) is 0 Å². The molecule has 0 saturated carbocycles. The Hall–Kier alpha value is -2.37. The number of carbonyl (C=O) groups excluding carboxylic acids is 1. The molecule has 1 aliphatic heterocycles. The van der Waals surface area contributed by atoms with Crippen LogP contribution in [0.3, 0.4) is 0 Å². The van der Waals surface area contributed by atoms with Crippen LogP contribution in [-0.2, 0) is 0 Å². The summed E-state index contributed by atoms with van der Waals surface area (Å²) in [6, 6.07) is 15.7. The van der Waals surface area contributed by atoms with E-state index in [9.17, 15) is 9.90 Å². The Labute approximate surface area is 161 Å². The second-order valence-electron chi connectivity index (χ2n) is 7.17. The van der Waals surface area contributed by atoms with Crippen molar-refractivity contribution < 1.29 is 14.6 Å². The third-order valence-corrected chi connectivity index (χ3v) is 4.91. The number of ether oxygens (including phenoxy) is 1. The van der Waals surface area contributed by atoms with Crippen LogP contribution in [0.1, 0.15) is 22.8 Å². The second-order valence-corrected chi connectivity index (χ2v) is 7.17. The number of hydrogen-bond acceptors (Lipinski definition) is 5. The number of Topliss-reactive ketones (excluding diaryl/α,β-unsaturated/α-hetero) is 1. The molecular formula is C22H28N2O3. The van der Waals surface area contributed by atoms with E-state index in [1.807, 2.05) is 55.5 Å². The zero-order chi connectivity index (χ0) is 19.2. The van der Waals surface area contributed by atoms with Crippen molar-refractivity contribution in [2.24, 2.45) is 0 Å². The summed E-state index contributed by atoms with van der Waals surface area (Å²) in [6.07, 6.45) is -0.507. The van der Waals surface area contributed by atoms with E-state index < -0.39 is 6.10 Å². The first-order chi connectivity index (χ1) is 13.0. The van der Waals surface area contributed by atoms with Gasteiger partial charge in [0, 0.05) is 44.0 Å². The lowest BCUT2D eigenvalue weighted by Gasteiger charge is -2.36. The van der Waals surface area contributed by atoms with Gasteiger partial charge in [-0.25, -0.2) is 0 Å². The number of ketones is 1. The highest BCUT2D eigenvalue weighted by Crippen LogP contribution is 2.18. The normalized spacial score (nSPS) is 16.2. The number of aliphatic hydroxyl groups is 1. The number of carbonyl (C=O) groups is 1. The van der Waals surface area contributed by atoms with E-state index in [0.29, 0.717) is 13.2 Å². The van der Waals surface area contributed by atoms with Crippen LogP contribution < -0.4 is 9.64 Å². The Kier molecular flexibility index (Phi) is 6.48. The molecule has 0 unspecified atom stereocenters. The summed E-state index contributed by atoms with van der Waals surface area (Å²) in [5.74, 6) is 0.890. The van der Waals surface area contributed by atoms with Crippen molar-refractivity contribution in [3.05, 3.63) is 59.7 Å². The number of hydrogen-bond donors (Lipinski definition) is 1. The Morgan fingerprint density at radius 2 is 1.81 bits per heavy atom. The van der Waals surface area contributed by atoms with E-state index in [1.54, 1.807) is 6.92 Å². The van der Waals surface area contributed by atoms with Crippen molar-refractivity contribution in [2.45, 2.75) is 20.0 Å². The lowest BCUT2D eigenvalue weighted by Crippen LogP contribution is -2.49. The number of aliphatic hydroxyl groups excluding tert-OH is 1. The predicted molar refractivity (Wildman–Crippen MR) is 108 cm³/mol. The van der Waals surface area contributed by atoms with Gasteiger partial charge in [-0.3, -0.25) is 9.69 Å². The number of aryl methyl sites for hydroxylation is 1. The van der Waals surface area contributed by atoms with E-state index in [4.69, 9.17) is 4.74 Å². The van der Waals surface area contributed by atoms with E-state index in [1.165, 1.54) is 0 Å². The van der Waals surface area contributed by atoms with Crippen molar-refractivity contribution in [2.75, 3.05) is 44.2 Å². The van der Waals surface area contributed by atoms with Gasteiger partial charge < -0.3 is 14.7 Å². The standard InChI is InChI=1S/C22H28N2O3/c1-17-4-3-5-22(14-17)27-16-21(26)15-23-10-12-24(13-11-23)20-8-6-19(7-9-20)18(2)25/h3-9,14,21,26H,10-13,15-16H2,1-2H3/t21-/m0/s1. The monoisotopic (exact) mass is 368 g/mol. The predicted octanol–water partition coefficient (Wildman–Crippen LogP) is 2.76. The highest BCUT2D eigenvalue weighted by atomic mass is 16.5. The summed E-state index contributed by atoms with van der Waals surface area (Å²) in [6.45, 7) is 8.14. The zero-order valence-corrected chi connectivity index (χ0v) is 16.1. The van der Waals surface area contributed by atoms with Gasteiger partial charge in [-0.1, -0.05) is 12.1 Å². The average Bonchev–Trinajstić information content (AvgIpc) is 2.67. The lowest BCUT2D eigenvalue weighted by atomic mass is 10.1. The molecule has 1 atom stereocenters. The van der Waals surface area contributed by atoms with Crippen LogP contribution in [0.25, 0.3) is 0 Å².